The zero-order valence-corrected chi connectivity index (χ0v) is 10.9. The number of aromatic nitrogens is 2. The van der Waals surface area contributed by atoms with E-state index in [0.717, 1.165) is 24.3 Å². The van der Waals surface area contributed by atoms with Gasteiger partial charge in [-0.1, -0.05) is 5.10 Å². The number of ether oxygens (including phenoxy) is 1. The van der Waals surface area contributed by atoms with Gasteiger partial charge in [0.05, 0.1) is 12.1 Å². The Morgan fingerprint density at radius 3 is 3.21 bits per heavy atom. The van der Waals surface area contributed by atoms with Gasteiger partial charge in [-0.15, -0.1) is 16.4 Å². The highest BCUT2D eigenvalue weighted by atomic mass is 32.1. The van der Waals surface area contributed by atoms with Crippen LogP contribution in [0.5, 0.6) is 0 Å². The fraction of sp³-hybridized carbons (Fsp3) is 0.417. The Morgan fingerprint density at radius 2 is 2.47 bits per heavy atom. The average molecular weight is 276 g/mol. The number of nitrogens with zero attached hydrogens (tertiary/aromatic N) is 3. The lowest BCUT2D eigenvalue weighted by Gasteiger charge is -2.01. The maximum Gasteiger partial charge on any atom is 0.315 e. The van der Waals surface area contributed by atoms with Crippen molar-refractivity contribution in [1.82, 2.24) is 10.2 Å². The van der Waals surface area contributed by atoms with Crippen molar-refractivity contribution in [3.63, 3.8) is 0 Å². The Balaban J connectivity index is 1.59. The Labute approximate surface area is 114 Å². The summed E-state index contributed by atoms with van der Waals surface area (Å²) in [5.74, 6) is 0.531. The first-order chi connectivity index (χ1) is 9.35. The molecule has 0 saturated carbocycles. The minimum Gasteiger partial charge on any atom is -0.405 e. The third kappa shape index (κ3) is 2.75. The van der Waals surface area contributed by atoms with E-state index >= 15 is 0 Å². The predicted octanol–water partition coefficient (Wildman–Crippen LogP) is 2.47. The fourth-order valence-corrected chi connectivity index (χ4v) is 2.65. The van der Waals surface area contributed by atoms with Crippen molar-refractivity contribution in [1.29, 1.82) is 5.26 Å². The molecular formula is C12H12N4O2S. The second-order valence-electron chi connectivity index (χ2n) is 4.21. The predicted molar refractivity (Wildman–Crippen MR) is 68.6 cm³/mol. The zero-order chi connectivity index (χ0) is 13.1. The number of hydrogen-bond acceptors (Lipinski definition) is 7. The van der Waals surface area contributed by atoms with Gasteiger partial charge in [0.15, 0.2) is 0 Å². The van der Waals surface area contributed by atoms with E-state index in [-0.39, 0.29) is 6.10 Å². The smallest absolute Gasteiger partial charge is 0.315 e. The van der Waals surface area contributed by atoms with Crippen molar-refractivity contribution >= 4 is 17.4 Å². The van der Waals surface area contributed by atoms with Gasteiger partial charge in [-0.05, 0) is 18.9 Å². The number of nitriles is 1. The van der Waals surface area contributed by atoms with Gasteiger partial charge in [0.2, 0.25) is 5.89 Å². The van der Waals surface area contributed by atoms with Gasteiger partial charge in [-0.25, -0.2) is 0 Å². The third-order valence-corrected chi connectivity index (χ3v) is 3.78. The number of hydrogen-bond donors (Lipinski definition) is 1. The first-order valence-corrected chi connectivity index (χ1v) is 6.89. The van der Waals surface area contributed by atoms with Crippen LogP contribution in [0.4, 0.5) is 6.01 Å². The van der Waals surface area contributed by atoms with Crippen LogP contribution in [0.2, 0.25) is 0 Å². The van der Waals surface area contributed by atoms with Crippen LogP contribution >= 0.6 is 11.3 Å². The number of anilines is 1. The molecule has 0 unspecified atom stereocenters. The van der Waals surface area contributed by atoms with Gasteiger partial charge in [0.25, 0.3) is 0 Å². The highest BCUT2D eigenvalue weighted by Crippen LogP contribution is 2.28. The molecule has 98 valence electrons. The summed E-state index contributed by atoms with van der Waals surface area (Å²) in [4.78, 5) is 1.05. The van der Waals surface area contributed by atoms with E-state index in [0.29, 0.717) is 24.0 Å². The summed E-state index contributed by atoms with van der Waals surface area (Å²) in [5.41, 5.74) is 0.673. The van der Waals surface area contributed by atoms with E-state index in [2.05, 4.69) is 21.6 Å². The van der Waals surface area contributed by atoms with Gasteiger partial charge in [0.1, 0.15) is 12.2 Å². The molecule has 2 aromatic heterocycles. The molecule has 3 heterocycles. The molecular weight excluding hydrogens is 264 g/mol. The number of nitrogens with one attached hydrogen (secondary N) is 1. The van der Waals surface area contributed by atoms with E-state index in [1.54, 1.807) is 0 Å². The standard InChI is InChI=1S/C12H12N4O2S/c13-5-8-4-9(19-7-8)6-14-12-16-15-11(18-12)10-2-1-3-17-10/h4,7,10H,1-3,6H2,(H,14,16)/t10-/m1/s1. The average Bonchev–Trinajstić information content (AvgIpc) is 3.16. The highest BCUT2D eigenvalue weighted by molar-refractivity contribution is 7.10. The SMILES string of the molecule is N#Cc1csc(CNc2nnc([C@H]3CCCO3)o2)c1. The molecule has 0 radical (unpaired) electrons. The van der Waals surface area contributed by atoms with Crippen molar-refractivity contribution in [3.8, 4) is 6.07 Å². The molecule has 19 heavy (non-hydrogen) atoms. The lowest BCUT2D eigenvalue weighted by Crippen LogP contribution is -1.97. The maximum atomic E-state index is 8.74. The largest absolute Gasteiger partial charge is 0.405 e. The summed E-state index contributed by atoms with van der Waals surface area (Å²) >= 11 is 1.53. The van der Waals surface area contributed by atoms with Crippen LogP contribution in [0, 0.1) is 11.3 Å². The molecule has 1 aliphatic heterocycles. The van der Waals surface area contributed by atoms with Crippen LogP contribution in [0.25, 0.3) is 0 Å². The summed E-state index contributed by atoms with van der Waals surface area (Å²) in [6, 6.07) is 4.33. The Kier molecular flexibility index (Phi) is 3.44. The van der Waals surface area contributed by atoms with Crippen molar-refractivity contribution in [3.05, 3.63) is 27.8 Å². The van der Waals surface area contributed by atoms with Gasteiger partial charge in [-0.3, -0.25) is 0 Å². The summed E-state index contributed by atoms with van der Waals surface area (Å²) in [6.45, 7) is 1.32. The van der Waals surface area contributed by atoms with E-state index in [9.17, 15) is 0 Å². The van der Waals surface area contributed by atoms with Crippen LogP contribution in [-0.2, 0) is 11.3 Å². The van der Waals surface area contributed by atoms with E-state index in [4.69, 9.17) is 14.4 Å². The molecule has 0 aliphatic carbocycles. The van der Waals surface area contributed by atoms with Crippen LogP contribution in [0.1, 0.15) is 35.3 Å². The first kappa shape index (κ1) is 12.1. The molecule has 1 fully saturated rings. The van der Waals surface area contributed by atoms with Gasteiger partial charge >= 0.3 is 6.01 Å². The molecule has 6 nitrogen and oxygen atoms in total. The van der Waals surface area contributed by atoms with Crippen molar-refractivity contribution < 1.29 is 9.15 Å². The van der Waals surface area contributed by atoms with E-state index in [1.165, 1.54) is 11.3 Å². The molecule has 1 saturated heterocycles. The molecule has 2 aromatic rings. The molecule has 0 bridgehead atoms. The molecule has 0 spiro atoms. The molecule has 0 amide bonds. The quantitative estimate of drug-likeness (QED) is 0.923. The zero-order valence-electron chi connectivity index (χ0n) is 10.1. The van der Waals surface area contributed by atoms with Gasteiger partial charge in [0, 0.05) is 16.9 Å². The van der Waals surface area contributed by atoms with Crippen LogP contribution in [0.15, 0.2) is 15.9 Å². The fourth-order valence-electron chi connectivity index (χ4n) is 1.90. The van der Waals surface area contributed by atoms with Crippen molar-refractivity contribution in [2.24, 2.45) is 0 Å². The van der Waals surface area contributed by atoms with E-state index < -0.39 is 0 Å². The summed E-state index contributed by atoms with van der Waals surface area (Å²) in [6.07, 6.45) is 1.90. The highest BCUT2D eigenvalue weighted by Gasteiger charge is 2.23. The molecule has 7 heteroatoms. The van der Waals surface area contributed by atoms with Crippen LogP contribution < -0.4 is 5.32 Å². The lowest BCUT2D eigenvalue weighted by molar-refractivity contribution is 0.0897. The van der Waals surface area contributed by atoms with Crippen molar-refractivity contribution in [2.45, 2.75) is 25.5 Å². The van der Waals surface area contributed by atoms with Crippen molar-refractivity contribution in [2.75, 3.05) is 11.9 Å². The molecule has 3 rings (SSSR count). The van der Waals surface area contributed by atoms with Crippen LogP contribution in [0.3, 0.4) is 0 Å². The number of rotatable bonds is 4. The number of thiophene rings is 1. The second-order valence-corrected chi connectivity index (χ2v) is 5.21. The minimum absolute atomic E-state index is 0.0602. The third-order valence-electron chi connectivity index (χ3n) is 2.84. The van der Waals surface area contributed by atoms with E-state index in [1.807, 2.05) is 11.4 Å². The summed E-state index contributed by atoms with van der Waals surface area (Å²) in [5, 5.41) is 21.5. The molecule has 1 N–H and O–H groups in total. The Morgan fingerprint density at radius 1 is 1.53 bits per heavy atom. The summed E-state index contributed by atoms with van der Waals surface area (Å²) < 4.78 is 11.0. The Bertz CT molecular complexity index is 595. The monoisotopic (exact) mass is 276 g/mol. The van der Waals surface area contributed by atoms with Gasteiger partial charge < -0.3 is 14.5 Å². The lowest BCUT2D eigenvalue weighted by atomic mass is 10.2. The normalized spacial score (nSPS) is 18.4. The minimum atomic E-state index is -0.0602. The second kappa shape index (κ2) is 5.38. The summed E-state index contributed by atoms with van der Waals surface area (Å²) in [7, 11) is 0. The molecule has 0 aromatic carbocycles. The maximum absolute atomic E-state index is 8.74. The first-order valence-electron chi connectivity index (χ1n) is 6.01. The van der Waals surface area contributed by atoms with Gasteiger partial charge in [-0.2, -0.15) is 5.26 Å². The van der Waals surface area contributed by atoms with Crippen LogP contribution in [-0.4, -0.2) is 16.8 Å². The molecule has 1 atom stereocenters. The Hall–Kier alpha value is -1.91. The topological polar surface area (TPSA) is 84.0 Å². The molecule has 1 aliphatic rings.